The third-order valence-corrected chi connectivity index (χ3v) is 4.81. The Labute approximate surface area is 138 Å². The summed E-state index contributed by atoms with van der Waals surface area (Å²) in [4.78, 5) is 28.0. The highest BCUT2D eigenvalue weighted by molar-refractivity contribution is 9.10. The molecule has 0 aliphatic carbocycles. The SMILES string of the molecule is COCCn1c(=O)[nH]c2scc(-c3ccc(Br)cc3)c2c1=O. The van der Waals surface area contributed by atoms with Gasteiger partial charge in [0, 0.05) is 22.5 Å². The van der Waals surface area contributed by atoms with Gasteiger partial charge in [0.15, 0.2) is 0 Å². The van der Waals surface area contributed by atoms with E-state index in [4.69, 9.17) is 4.74 Å². The monoisotopic (exact) mass is 380 g/mol. The zero-order valence-electron chi connectivity index (χ0n) is 11.8. The van der Waals surface area contributed by atoms with Crippen LogP contribution in [0.1, 0.15) is 0 Å². The molecule has 22 heavy (non-hydrogen) atoms. The van der Waals surface area contributed by atoms with Gasteiger partial charge >= 0.3 is 5.69 Å². The van der Waals surface area contributed by atoms with Gasteiger partial charge in [0.2, 0.25) is 0 Å². The summed E-state index contributed by atoms with van der Waals surface area (Å²) in [5.74, 6) is 0. The molecule has 0 fully saturated rings. The number of nitrogens with zero attached hydrogens (tertiary/aromatic N) is 1. The molecule has 2 aromatic heterocycles. The number of benzene rings is 1. The standard InChI is InChI=1S/C15H13BrN2O3S/c1-21-7-6-18-14(19)12-11(8-22-13(12)17-15(18)20)9-2-4-10(16)5-3-9/h2-5,8H,6-7H2,1H3,(H,17,20). The number of hydrogen-bond acceptors (Lipinski definition) is 4. The molecule has 3 aromatic rings. The molecular weight excluding hydrogens is 368 g/mol. The average Bonchev–Trinajstić information content (AvgIpc) is 2.92. The van der Waals surface area contributed by atoms with Crippen LogP contribution in [0.5, 0.6) is 0 Å². The third kappa shape index (κ3) is 2.67. The first-order valence-electron chi connectivity index (χ1n) is 6.61. The van der Waals surface area contributed by atoms with Crippen LogP contribution in [-0.4, -0.2) is 23.3 Å². The van der Waals surface area contributed by atoms with E-state index >= 15 is 0 Å². The molecule has 1 aromatic carbocycles. The fraction of sp³-hybridized carbons (Fsp3) is 0.200. The van der Waals surface area contributed by atoms with Gasteiger partial charge < -0.3 is 4.74 Å². The maximum atomic E-state index is 12.7. The van der Waals surface area contributed by atoms with E-state index in [9.17, 15) is 9.59 Å². The number of rotatable bonds is 4. The lowest BCUT2D eigenvalue weighted by atomic mass is 10.1. The van der Waals surface area contributed by atoms with E-state index in [1.807, 2.05) is 29.6 Å². The zero-order chi connectivity index (χ0) is 15.7. The minimum absolute atomic E-state index is 0.232. The van der Waals surface area contributed by atoms with Crippen LogP contribution in [0.25, 0.3) is 21.3 Å². The fourth-order valence-corrected chi connectivity index (χ4v) is 3.50. The second-order valence-electron chi connectivity index (χ2n) is 4.74. The number of nitrogens with one attached hydrogen (secondary N) is 1. The number of hydrogen-bond donors (Lipinski definition) is 1. The van der Waals surface area contributed by atoms with Gasteiger partial charge in [0.25, 0.3) is 5.56 Å². The van der Waals surface area contributed by atoms with Crippen LogP contribution in [0.2, 0.25) is 0 Å². The first-order chi connectivity index (χ1) is 10.6. The Morgan fingerprint density at radius 1 is 1.27 bits per heavy atom. The van der Waals surface area contributed by atoms with E-state index in [2.05, 4.69) is 20.9 Å². The highest BCUT2D eigenvalue weighted by Crippen LogP contribution is 2.30. The predicted molar refractivity (Wildman–Crippen MR) is 91.7 cm³/mol. The Kier molecular flexibility index (Phi) is 4.28. The molecule has 0 bridgehead atoms. The number of aromatic nitrogens is 2. The number of ether oxygens (including phenoxy) is 1. The van der Waals surface area contributed by atoms with Gasteiger partial charge in [-0.25, -0.2) is 4.79 Å². The van der Waals surface area contributed by atoms with E-state index < -0.39 is 5.69 Å². The van der Waals surface area contributed by atoms with Gasteiger partial charge in [-0.1, -0.05) is 28.1 Å². The van der Waals surface area contributed by atoms with Crippen LogP contribution in [0, 0.1) is 0 Å². The zero-order valence-corrected chi connectivity index (χ0v) is 14.2. The number of aromatic amines is 1. The molecule has 2 heterocycles. The molecule has 0 saturated carbocycles. The van der Waals surface area contributed by atoms with E-state index in [0.717, 1.165) is 15.6 Å². The van der Waals surface area contributed by atoms with E-state index in [0.29, 0.717) is 16.8 Å². The largest absolute Gasteiger partial charge is 0.383 e. The van der Waals surface area contributed by atoms with Gasteiger partial charge in [-0.15, -0.1) is 11.3 Å². The summed E-state index contributed by atoms with van der Waals surface area (Å²) in [5, 5.41) is 2.44. The second kappa shape index (κ2) is 6.20. The molecule has 0 atom stereocenters. The van der Waals surface area contributed by atoms with Crippen molar-refractivity contribution in [3.05, 3.63) is 55.0 Å². The van der Waals surface area contributed by atoms with E-state index in [-0.39, 0.29) is 12.1 Å². The summed E-state index contributed by atoms with van der Waals surface area (Å²) >= 11 is 4.76. The third-order valence-electron chi connectivity index (χ3n) is 3.39. The molecule has 0 unspecified atom stereocenters. The van der Waals surface area contributed by atoms with Crippen molar-refractivity contribution in [2.75, 3.05) is 13.7 Å². The van der Waals surface area contributed by atoms with Crippen molar-refractivity contribution >= 4 is 37.5 Å². The summed E-state index contributed by atoms with van der Waals surface area (Å²) in [6.07, 6.45) is 0. The predicted octanol–water partition coefficient (Wildman–Crippen LogP) is 2.83. The quantitative estimate of drug-likeness (QED) is 0.756. The average molecular weight is 381 g/mol. The Bertz CT molecular complexity index is 925. The maximum absolute atomic E-state index is 12.7. The molecule has 5 nitrogen and oxygen atoms in total. The molecule has 0 amide bonds. The minimum Gasteiger partial charge on any atom is -0.383 e. The summed E-state index contributed by atoms with van der Waals surface area (Å²) in [6, 6.07) is 7.73. The lowest BCUT2D eigenvalue weighted by Gasteiger charge is -2.05. The summed E-state index contributed by atoms with van der Waals surface area (Å²) < 4.78 is 7.12. The van der Waals surface area contributed by atoms with Gasteiger partial charge in [0.05, 0.1) is 18.5 Å². The Balaban J connectivity index is 2.23. The van der Waals surface area contributed by atoms with E-state index in [1.54, 1.807) is 0 Å². The summed E-state index contributed by atoms with van der Waals surface area (Å²) in [7, 11) is 1.54. The minimum atomic E-state index is -0.404. The van der Waals surface area contributed by atoms with Crippen LogP contribution >= 0.6 is 27.3 Å². The van der Waals surface area contributed by atoms with Gasteiger partial charge in [-0.2, -0.15) is 0 Å². The summed E-state index contributed by atoms with van der Waals surface area (Å²) in [5.41, 5.74) is 1.09. The molecule has 3 rings (SSSR count). The smallest absolute Gasteiger partial charge is 0.329 e. The number of halogens is 1. The van der Waals surface area contributed by atoms with E-state index in [1.165, 1.54) is 23.0 Å². The lowest BCUT2D eigenvalue weighted by molar-refractivity contribution is 0.185. The Hall–Kier alpha value is -1.70. The topological polar surface area (TPSA) is 64.1 Å². The van der Waals surface area contributed by atoms with Crippen molar-refractivity contribution in [2.45, 2.75) is 6.54 Å². The first kappa shape index (κ1) is 15.2. The Morgan fingerprint density at radius 2 is 2.00 bits per heavy atom. The maximum Gasteiger partial charge on any atom is 0.329 e. The first-order valence-corrected chi connectivity index (χ1v) is 8.28. The normalized spacial score (nSPS) is 11.2. The van der Waals surface area contributed by atoms with Crippen molar-refractivity contribution in [3.63, 3.8) is 0 Å². The molecule has 1 N–H and O–H groups in total. The van der Waals surface area contributed by atoms with Crippen molar-refractivity contribution in [2.24, 2.45) is 0 Å². The van der Waals surface area contributed by atoms with Crippen molar-refractivity contribution < 1.29 is 4.74 Å². The highest BCUT2D eigenvalue weighted by Gasteiger charge is 2.14. The number of methoxy groups -OCH3 is 1. The van der Waals surface area contributed by atoms with Crippen LogP contribution < -0.4 is 11.2 Å². The van der Waals surface area contributed by atoms with Crippen LogP contribution in [0.15, 0.2) is 43.7 Å². The van der Waals surface area contributed by atoms with Gasteiger partial charge in [-0.05, 0) is 17.7 Å². The number of H-pyrrole nitrogens is 1. The van der Waals surface area contributed by atoms with Crippen LogP contribution in [-0.2, 0) is 11.3 Å². The lowest BCUT2D eigenvalue weighted by Crippen LogP contribution is -2.35. The number of thiophene rings is 1. The van der Waals surface area contributed by atoms with Gasteiger partial charge in [0.1, 0.15) is 4.83 Å². The van der Waals surface area contributed by atoms with Crippen LogP contribution in [0.4, 0.5) is 0 Å². The molecule has 7 heteroatoms. The van der Waals surface area contributed by atoms with Crippen molar-refractivity contribution in [1.29, 1.82) is 0 Å². The molecule has 0 spiro atoms. The number of fused-ring (bicyclic) bond motifs is 1. The van der Waals surface area contributed by atoms with Gasteiger partial charge in [-0.3, -0.25) is 14.3 Å². The second-order valence-corrected chi connectivity index (χ2v) is 6.54. The van der Waals surface area contributed by atoms with Crippen molar-refractivity contribution in [3.8, 4) is 11.1 Å². The fourth-order valence-electron chi connectivity index (χ4n) is 2.28. The highest BCUT2D eigenvalue weighted by atomic mass is 79.9. The molecule has 0 aliphatic rings. The van der Waals surface area contributed by atoms with Crippen molar-refractivity contribution in [1.82, 2.24) is 9.55 Å². The van der Waals surface area contributed by atoms with Crippen LogP contribution in [0.3, 0.4) is 0 Å². The summed E-state index contributed by atoms with van der Waals surface area (Å²) in [6.45, 7) is 0.544. The molecule has 0 radical (unpaired) electrons. The molecule has 0 aliphatic heterocycles. The molecule has 114 valence electrons. The molecular formula is C15H13BrN2O3S. The Morgan fingerprint density at radius 3 is 2.68 bits per heavy atom. The molecule has 0 saturated heterocycles.